The third-order valence-electron chi connectivity index (χ3n) is 3.64. The molecule has 1 aromatic carbocycles. The Balaban J connectivity index is 1.73. The van der Waals surface area contributed by atoms with Crippen LogP contribution in [0.25, 0.3) is 11.1 Å². The maximum Gasteiger partial charge on any atom is 0.419 e. The summed E-state index contributed by atoms with van der Waals surface area (Å²) in [6, 6.07) is 5.23. The van der Waals surface area contributed by atoms with Gasteiger partial charge in [0.15, 0.2) is 5.58 Å². The van der Waals surface area contributed by atoms with E-state index in [2.05, 4.69) is 10.2 Å². The number of rotatable bonds is 3. The number of amides is 1. The molecule has 0 bridgehead atoms. The summed E-state index contributed by atoms with van der Waals surface area (Å²) in [6.07, 6.45) is 2.32. The van der Waals surface area contributed by atoms with Gasteiger partial charge in [-0.2, -0.15) is 0 Å². The van der Waals surface area contributed by atoms with Crippen molar-refractivity contribution in [1.29, 1.82) is 0 Å². The maximum absolute atomic E-state index is 11.9. The van der Waals surface area contributed by atoms with Crippen molar-refractivity contribution in [1.82, 2.24) is 9.47 Å². The van der Waals surface area contributed by atoms with E-state index in [0.29, 0.717) is 23.3 Å². The highest BCUT2D eigenvalue weighted by molar-refractivity contribution is 5.94. The van der Waals surface area contributed by atoms with Gasteiger partial charge >= 0.3 is 5.76 Å². The fourth-order valence-electron chi connectivity index (χ4n) is 2.56. The predicted molar refractivity (Wildman–Crippen MR) is 75.8 cm³/mol. The number of aromatic nitrogens is 1. The van der Waals surface area contributed by atoms with Crippen LogP contribution in [0.5, 0.6) is 0 Å². The lowest BCUT2D eigenvalue weighted by Gasteiger charge is -2.13. The van der Waals surface area contributed by atoms with Crippen molar-refractivity contribution in [3.63, 3.8) is 0 Å². The van der Waals surface area contributed by atoms with Crippen LogP contribution >= 0.6 is 0 Å². The fourth-order valence-corrected chi connectivity index (χ4v) is 2.56. The molecule has 0 radical (unpaired) electrons. The molecule has 0 spiro atoms. The highest BCUT2D eigenvalue weighted by Gasteiger charge is 2.15. The van der Waals surface area contributed by atoms with E-state index in [1.54, 1.807) is 25.2 Å². The molecule has 106 valence electrons. The zero-order valence-corrected chi connectivity index (χ0v) is 11.4. The first kappa shape index (κ1) is 12.9. The van der Waals surface area contributed by atoms with E-state index in [9.17, 15) is 9.59 Å². The Hall–Kier alpha value is -2.08. The van der Waals surface area contributed by atoms with Crippen LogP contribution in [0.4, 0.5) is 5.69 Å². The Morgan fingerprint density at radius 1 is 1.35 bits per heavy atom. The number of anilines is 1. The predicted octanol–water partition coefficient (Wildman–Crippen LogP) is 1.17. The summed E-state index contributed by atoms with van der Waals surface area (Å²) >= 11 is 0. The molecule has 3 rings (SSSR count). The number of oxazole rings is 1. The third kappa shape index (κ3) is 2.46. The molecule has 0 saturated carbocycles. The number of hydrogen-bond donors (Lipinski definition) is 1. The van der Waals surface area contributed by atoms with Crippen LogP contribution in [0.1, 0.15) is 12.8 Å². The van der Waals surface area contributed by atoms with Gasteiger partial charge in [0.25, 0.3) is 0 Å². The minimum Gasteiger partial charge on any atom is -0.408 e. The monoisotopic (exact) mass is 275 g/mol. The molecule has 0 unspecified atom stereocenters. The van der Waals surface area contributed by atoms with Crippen molar-refractivity contribution >= 4 is 22.7 Å². The summed E-state index contributed by atoms with van der Waals surface area (Å²) in [5.41, 5.74) is 1.85. The van der Waals surface area contributed by atoms with Gasteiger partial charge in [-0.3, -0.25) is 14.3 Å². The first-order valence-electron chi connectivity index (χ1n) is 6.75. The molecule has 0 atom stereocenters. The second kappa shape index (κ2) is 5.13. The van der Waals surface area contributed by atoms with Crippen LogP contribution in [0.2, 0.25) is 0 Å². The molecule has 1 fully saturated rings. The van der Waals surface area contributed by atoms with Gasteiger partial charge in [0.05, 0.1) is 12.1 Å². The average molecular weight is 275 g/mol. The minimum atomic E-state index is -0.402. The lowest BCUT2D eigenvalue weighted by Crippen LogP contribution is -2.30. The van der Waals surface area contributed by atoms with Crippen molar-refractivity contribution < 1.29 is 9.21 Å². The second-order valence-corrected chi connectivity index (χ2v) is 5.14. The molecule has 2 aromatic rings. The molecule has 0 aliphatic carbocycles. The molecular formula is C14H17N3O3. The number of carbonyl (C=O) groups excluding carboxylic acids is 1. The zero-order chi connectivity index (χ0) is 14.1. The third-order valence-corrected chi connectivity index (χ3v) is 3.64. The standard InChI is InChI=1S/C14H17N3O3/c1-16-11-5-4-10(8-12(11)20-14(16)19)15-13(18)9-17-6-2-3-7-17/h4-5,8H,2-3,6-7,9H2,1H3,(H,15,18). The van der Waals surface area contributed by atoms with Gasteiger partial charge < -0.3 is 9.73 Å². The van der Waals surface area contributed by atoms with Crippen LogP contribution in [-0.2, 0) is 11.8 Å². The molecule has 2 heterocycles. The summed E-state index contributed by atoms with van der Waals surface area (Å²) in [4.78, 5) is 25.5. The summed E-state index contributed by atoms with van der Waals surface area (Å²) in [6.45, 7) is 2.39. The highest BCUT2D eigenvalue weighted by atomic mass is 16.4. The van der Waals surface area contributed by atoms with Crippen LogP contribution < -0.4 is 11.1 Å². The number of aryl methyl sites for hydroxylation is 1. The highest BCUT2D eigenvalue weighted by Crippen LogP contribution is 2.18. The number of carbonyl (C=O) groups is 1. The van der Waals surface area contributed by atoms with E-state index < -0.39 is 5.76 Å². The van der Waals surface area contributed by atoms with Gasteiger partial charge in [-0.15, -0.1) is 0 Å². The normalized spacial score (nSPS) is 15.8. The summed E-state index contributed by atoms with van der Waals surface area (Å²) in [5, 5.41) is 2.84. The Kier molecular flexibility index (Phi) is 3.31. The summed E-state index contributed by atoms with van der Waals surface area (Å²) in [7, 11) is 1.65. The van der Waals surface area contributed by atoms with Crippen molar-refractivity contribution in [3.8, 4) is 0 Å². The van der Waals surface area contributed by atoms with Gasteiger partial charge in [-0.25, -0.2) is 4.79 Å². The van der Waals surface area contributed by atoms with Gasteiger partial charge in [0.1, 0.15) is 0 Å². The van der Waals surface area contributed by atoms with Crippen molar-refractivity contribution in [2.45, 2.75) is 12.8 Å². The smallest absolute Gasteiger partial charge is 0.408 e. The van der Waals surface area contributed by atoms with Gasteiger partial charge in [0.2, 0.25) is 5.91 Å². The molecule has 1 aliphatic heterocycles. The second-order valence-electron chi connectivity index (χ2n) is 5.14. The van der Waals surface area contributed by atoms with E-state index >= 15 is 0 Å². The first-order valence-corrected chi connectivity index (χ1v) is 6.75. The van der Waals surface area contributed by atoms with Crippen LogP contribution in [0.3, 0.4) is 0 Å². The fraction of sp³-hybridized carbons (Fsp3) is 0.429. The van der Waals surface area contributed by atoms with E-state index in [-0.39, 0.29) is 5.91 Å². The van der Waals surface area contributed by atoms with Crippen LogP contribution in [-0.4, -0.2) is 35.0 Å². The maximum atomic E-state index is 11.9. The van der Waals surface area contributed by atoms with E-state index in [1.165, 1.54) is 4.57 Å². The minimum absolute atomic E-state index is 0.0375. The molecule has 1 saturated heterocycles. The zero-order valence-electron chi connectivity index (χ0n) is 11.4. The van der Waals surface area contributed by atoms with Crippen molar-refractivity contribution in [3.05, 3.63) is 28.7 Å². The number of hydrogen-bond acceptors (Lipinski definition) is 4. The van der Waals surface area contributed by atoms with Gasteiger partial charge in [-0.05, 0) is 38.1 Å². The molecule has 6 nitrogen and oxygen atoms in total. The topological polar surface area (TPSA) is 67.5 Å². The number of nitrogens with one attached hydrogen (secondary N) is 1. The van der Waals surface area contributed by atoms with E-state index in [0.717, 1.165) is 25.9 Å². The summed E-state index contributed by atoms with van der Waals surface area (Å²) < 4.78 is 6.54. The SMILES string of the molecule is Cn1c(=O)oc2cc(NC(=O)CN3CCCC3)ccc21. The Morgan fingerprint density at radius 3 is 2.85 bits per heavy atom. The number of fused-ring (bicyclic) bond motifs is 1. The van der Waals surface area contributed by atoms with Crippen LogP contribution in [0, 0.1) is 0 Å². The molecule has 6 heteroatoms. The molecule has 1 N–H and O–H groups in total. The lowest BCUT2D eigenvalue weighted by atomic mass is 10.3. The molecule has 1 aromatic heterocycles. The van der Waals surface area contributed by atoms with Gasteiger partial charge in [0, 0.05) is 18.8 Å². The Bertz CT molecular complexity index is 695. The molecule has 20 heavy (non-hydrogen) atoms. The molecule has 1 amide bonds. The largest absolute Gasteiger partial charge is 0.419 e. The van der Waals surface area contributed by atoms with Crippen molar-refractivity contribution in [2.75, 3.05) is 25.0 Å². The molecular weight excluding hydrogens is 258 g/mol. The lowest BCUT2D eigenvalue weighted by molar-refractivity contribution is -0.117. The number of benzene rings is 1. The molecule has 1 aliphatic rings. The number of likely N-dealkylation sites (tertiary alicyclic amines) is 1. The van der Waals surface area contributed by atoms with Crippen LogP contribution in [0.15, 0.2) is 27.4 Å². The Labute approximate surface area is 116 Å². The van der Waals surface area contributed by atoms with Crippen molar-refractivity contribution in [2.24, 2.45) is 7.05 Å². The quantitative estimate of drug-likeness (QED) is 0.913. The number of nitrogens with zero attached hydrogens (tertiary/aromatic N) is 2. The Morgan fingerprint density at radius 2 is 2.10 bits per heavy atom. The van der Waals surface area contributed by atoms with E-state index in [1.807, 2.05) is 0 Å². The average Bonchev–Trinajstić information content (AvgIpc) is 2.99. The van der Waals surface area contributed by atoms with E-state index in [4.69, 9.17) is 4.42 Å². The van der Waals surface area contributed by atoms with Gasteiger partial charge in [-0.1, -0.05) is 0 Å². The first-order chi connectivity index (χ1) is 9.63. The summed E-state index contributed by atoms with van der Waals surface area (Å²) in [5.74, 6) is -0.440.